The van der Waals surface area contributed by atoms with Crippen LogP contribution in [-0.2, 0) is 6.42 Å². The summed E-state index contributed by atoms with van der Waals surface area (Å²) in [6, 6.07) is 0. The SMILES string of the molecule is CCCNc1nc(CC)nc(OCCN2CCCC2)c1C. The molecule has 0 spiro atoms. The molecule has 0 radical (unpaired) electrons. The van der Waals surface area contributed by atoms with E-state index in [1.165, 1.54) is 25.9 Å². The van der Waals surface area contributed by atoms with E-state index in [2.05, 4.69) is 34.0 Å². The second kappa shape index (κ2) is 8.17. The Balaban J connectivity index is 1.98. The van der Waals surface area contributed by atoms with E-state index in [9.17, 15) is 0 Å². The maximum absolute atomic E-state index is 5.93. The van der Waals surface area contributed by atoms with Gasteiger partial charge in [-0.2, -0.15) is 4.98 Å². The number of ether oxygens (including phenoxy) is 1. The Kier molecular flexibility index (Phi) is 6.23. The van der Waals surface area contributed by atoms with Gasteiger partial charge in [-0.05, 0) is 39.3 Å². The molecule has 118 valence electrons. The molecule has 0 atom stereocenters. The van der Waals surface area contributed by atoms with Crippen molar-refractivity contribution in [1.82, 2.24) is 14.9 Å². The lowest BCUT2D eigenvalue weighted by Crippen LogP contribution is -2.25. The molecule has 21 heavy (non-hydrogen) atoms. The summed E-state index contributed by atoms with van der Waals surface area (Å²) in [6.07, 6.45) is 4.54. The van der Waals surface area contributed by atoms with Crippen LogP contribution in [0.5, 0.6) is 5.88 Å². The van der Waals surface area contributed by atoms with Crippen molar-refractivity contribution in [3.8, 4) is 5.88 Å². The Morgan fingerprint density at radius 1 is 1.19 bits per heavy atom. The highest BCUT2D eigenvalue weighted by Crippen LogP contribution is 2.22. The van der Waals surface area contributed by atoms with Gasteiger partial charge in [-0.25, -0.2) is 4.98 Å². The van der Waals surface area contributed by atoms with Crippen LogP contribution in [0.1, 0.15) is 44.5 Å². The van der Waals surface area contributed by atoms with Gasteiger partial charge in [-0.3, -0.25) is 4.90 Å². The Morgan fingerprint density at radius 2 is 1.95 bits per heavy atom. The topological polar surface area (TPSA) is 50.3 Å². The number of aromatic nitrogens is 2. The summed E-state index contributed by atoms with van der Waals surface area (Å²) < 4.78 is 5.93. The average molecular weight is 292 g/mol. The highest BCUT2D eigenvalue weighted by Gasteiger charge is 2.14. The maximum atomic E-state index is 5.93. The smallest absolute Gasteiger partial charge is 0.221 e. The summed E-state index contributed by atoms with van der Waals surface area (Å²) in [7, 11) is 0. The lowest BCUT2D eigenvalue weighted by atomic mass is 10.3. The first kappa shape index (κ1) is 16.0. The van der Waals surface area contributed by atoms with Crippen LogP contribution in [0.3, 0.4) is 0 Å². The van der Waals surface area contributed by atoms with Gasteiger partial charge in [0.05, 0.1) is 5.56 Å². The van der Waals surface area contributed by atoms with Crippen molar-refractivity contribution in [3.05, 3.63) is 11.4 Å². The van der Waals surface area contributed by atoms with Crippen molar-refractivity contribution in [2.45, 2.75) is 46.5 Å². The first-order valence-corrected chi connectivity index (χ1v) is 8.21. The van der Waals surface area contributed by atoms with Crippen LogP contribution >= 0.6 is 0 Å². The molecule has 1 N–H and O–H groups in total. The van der Waals surface area contributed by atoms with Gasteiger partial charge in [0.1, 0.15) is 18.2 Å². The number of hydrogen-bond donors (Lipinski definition) is 1. The molecule has 2 rings (SSSR count). The number of nitrogens with one attached hydrogen (secondary N) is 1. The Labute approximate surface area is 128 Å². The van der Waals surface area contributed by atoms with Gasteiger partial charge in [0, 0.05) is 19.5 Å². The number of anilines is 1. The molecule has 1 aromatic heterocycles. The molecule has 1 fully saturated rings. The number of rotatable bonds is 8. The molecule has 1 aliphatic rings. The minimum absolute atomic E-state index is 0.703. The van der Waals surface area contributed by atoms with Crippen molar-refractivity contribution in [1.29, 1.82) is 0 Å². The lowest BCUT2D eigenvalue weighted by molar-refractivity contribution is 0.230. The molecule has 0 unspecified atom stereocenters. The van der Waals surface area contributed by atoms with E-state index in [0.29, 0.717) is 6.61 Å². The van der Waals surface area contributed by atoms with Crippen LogP contribution in [0.25, 0.3) is 0 Å². The highest BCUT2D eigenvalue weighted by molar-refractivity contribution is 5.48. The maximum Gasteiger partial charge on any atom is 0.221 e. The van der Waals surface area contributed by atoms with Gasteiger partial charge in [-0.1, -0.05) is 13.8 Å². The van der Waals surface area contributed by atoms with E-state index in [-0.39, 0.29) is 0 Å². The van der Waals surface area contributed by atoms with Gasteiger partial charge in [0.2, 0.25) is 5.88 Å². The van der Waals surface area contributed by atoms with Crippen LogP contribution in [0.15, 0.2) is 0 Å². The molecule has 5 heteroatoms. The number of aryl methyl sites for hydroxylation is 1. The van der Waals surface area contributed by atoms with E-state index in [0.717, 1.165) is 49.0 Å². The Morgan fingerprint density at radius 3 is 2.62 bits per heavy atom. The molecule has 0 saturated carbocycles. The third-order valence-corrected chi connectivity index (χ3v) is 3.85. The number of hydrogen-bond acceptors (Lipinski definition) is 5. The molecule has 0 aliphatic carbocycles. The minimum atomic E-state index is 0.703. The molecule has 0 bridgehead atoms. The van der Waals surface area contributed by atoms with E-state index >= 15 is 0 Å². The van der Waals surface area contributed by atoms with Crippen molar-refractivity contribution in [2.24, 2.45) is 0 Å². The van der Waals surface area contributed by atoms with Crippen LogP contribution in [0.2, 0.25) is 0 Å². The zero-order valence-corrected chi connectivity index (χ0v) is 13.6. The fourth-order valence-corrected chi connectivity index (χ4v) is 2.53. The normalized spacial score (nSPS) is 15.4. The summed E-state index contributed by atoms with van der Waals surface area (Å²) in [6.45, 7) is 11.3. The first-order chi connectivity index (χ1) is 10.2. The minimum Gasteiger partial charge on any atom is -0.476 e. The van der Waals surface area contributed by atoms with E-state index in [4.69, 9.17) is 4.74 Å². The fraction of sp³-hybridized carbons (Fsp3) is 0.750. The first-order valence-electron chi connectivity index (χ1n) is 8.21. The third kappa shape index (κ3) is 4.56. The van der Waals surface area contributed by atoms with Gasteiger partial charge in [-0.15, -0.1) is 0 Å². The largest absolute Gasteiger partial charge is 0.476 e. The van der Waals surface area contributed by atoms with E-state index < -0.39 is 0 Å². The lowest BCUT2D eigenvalue weighted by Gasteiger charge is -2.17. The number of nitrogens with zero attached hydrogens (tertiary/aromatic N) is 3. The van der Waals surface area contributed by atoms with Crippen LogP contribution in [-0.4, -0.2) is 47.7 Å². The molecule has 0 aromatic carbocycles. The van der Waals surface area contributed by atoms with E-state index in [1.807, 2.05) is 6.92 Å². The predicted octanol–water partition coefficient (Wildman–Crippen LogP) is 2.64. The molecule has 5 nitrogen and oxygen atoms in total. The van der Waals surface area contributed by atoms with Crippen molar-refractivity contribution in [3.63, 3.8) is 0 Å². The van der Waals surface area contributed by atoms with Crippen LogP contribution in [0, 0.1) is 6.92 Å². The quantitative estimate of drug-likeness (QED) is 0.798. The van der Waals surface area contributed by atoms with Gasteiger partial charge >= 0.3 is 0 Å². The average Bonchev–Trinajstić information content (AvgIpc) is 3.01. The summed E-state index contributed by atoms with van der Waals surface area (Å²) in [4.78, 5) is 11.5. The second-order valence-electron chi connectivity index (χ2n) is 5.60. The molecular formula is C16H28N4O. The highest BCUT2D eigenvalue weighted by atomic mass is 16.5. The predicted molar refractivity (Wildman–Crippen MR) is 86.1 cm³/mol. The van der Waals surface area contributed by atoms with Gasteiger partial charge < -0.3 is 10.1 Å². The Bertz CT molecular complexity index is 444. The Hall–Kier alpha value is -1.36. The zero-order valence-electron chi connectivity index (χ0n) is 13.6. The molecular weight excluding hydrogens is 264 g/mol. The van der Waals surface area contributed by atoms with Crippen molar-refractivity contribution < 1.29 is 4.74 Å². The molecule has 2 heterocycles. The standard InChI is InChI=1S/C16H28N4O/c1-4-8-17-15-13(3)16(19-14(5-2)18-15)21-12-11-20-9-6-7-10-20/h4-12H2,1-3H3,(H,17,18,19). The summed E-state index contributed by atoms with van der Waals surface area (Å²) in [5, 5.41) is 3.37. The fourth-order valence-electron chi connectivity index (χ4n) is 2.53. The molecule has 1 aliphatic heterocycles. The molecule has 0 amide bonds. The van der Waals surface area contributed by atoms with Crippen LogP contribution < -0.4 is 10.1 Å². The summed E-state index contributed by atoms with van der Waals surface area (Å²) in [5.41, 5.74) is 1.02. The third-order valence-electron chi connectivity index (χ3n) is 3.85. The molecule has 1 aromatic rings. The monoisotopic (exact) mass is 292 g/mol. The van der Waals surface area contributed by atoms with Gasteiger partial charge in [0.25, 0.3) is 0 Å². The van der Waals surface area contributed by atoms with Crippen LogP contribution in [0.4, 0.5) is 5.82 Å². The number of likely N-dealkylation sites (tertiary alicyclic amines) is 1. The zero-order chi connectivity index (χ0) is 15.1. The van der Waals surface area contributed by atoms with Crippen molar-refractivity contribution >= 4 is 5.82 Å². The molecule has 1 saturated heterocycles. The van der Waals surface area contributed by atoms with Crippen molar-refractivity contribution in [2.75, 3.05) is 38.1 Å². The summed E-state index contributed by atoms with van der Waals surface area (Å²) >= 11 is 0. The van der Waals surface area contributed by atoms with Gasteiger partial charge in [0.15, 0.2) is 0 Å². The van der Waals surface area contributed by atoms with E-state index in [1.54, 1.807) is 0 Å². The summed E-state index contributed by atoms with van der Waals surface area (Å²) in [5.74, 6) is 2.50. The second-order valence-corrected chi connectivity index (χ2v) is 5.60.